The summed E-state index contributed by atoms with van der Waals surface area (Å²) >= 11 is 0. The fraction of sp³-hybridized carbons (Fsp3) is 0.783. The largest absolute Gasteiger partial charge is 0.480 e. The molecule has 0 saturated carbocycles. The lowest BCUT2D eigenvalue weighted by Crippen LogP contribution is -2.40. The highest BCUT2D eigenvalue weighted by atomic mass is 16.4. The summed E-state index contributed by atoms with van der Waals surface area (Å²) in [5.74, 6) is -1.32. The predicted octanol–water partition coefficient (Wildman–Crippen LogP) is 5.57. The number of aliphatic carboxylic acids is 1. The minimum Gasteiger partial charge on any atom is -0.480 e. The van der Waals surface area contributed by atoms with E-state index in [1.54, 1.807) is 0 Å². The summed E-state index contributed by atoms with van der Waals surface area (Å²) in [5, 5.41) is 11.5. The molecule has 2 N–H and O–H groups in total. The molecule has 0 bridgehead atoms. The molecule has 0 aliphatic carbocycles. The number of aldehydes is 1. The Kier molecular flexibility index (Phi) is 18.9. The van der Waals surface area contributed by atoms with Gasteiger partial charge in [0.2, 0.25) is 5.91 Å². The molecule has 0 rings (SSSR count). The van der Waals surface area contributed by atoms with Crippen LogP contribution in [0, 0.1) is 0 Å². The Bertz CT molecular complexity index is 434. The molecular formula is C23H41NO4. The van der Waals surface area contributed by atoms with Crippen LogP contribution in [-0.2, 0) is 14.4 Å². The lowest BCUT2D eigenvalue weighted by molar-refractivity contribution is -0.142. The van der Waals surface area contributed by atoms with Crippen LogP contribution in [0.3, 0.4) is 0 Å². The Labute approximate surface area is 171 Å². The fourth-order valence-corrected chi connectivity index (χ4v) is 3.11. The number of amides is 1. The van der Waals surface area contributed by atoms with Gasteiger partial charge in [-0.25, -0.2) is 4.79 Å². The van der Waals surface area contributed by atoms with Crippen LogP contribution in [-0.4, -0.2) is 29.3 Å². The average molecular weight is 396 g/mol. The van der Waals surface area contributed by atoms with Crippen molar-refractivity contribution in [1.29, 1.82) is 0 Å². The number of carboxylic acid groups (broad SMARTS) is 1. The zero-order chi connectivity index (χ0) is 20.9. The van der Waals surface area contributed by atoms with E-state index >= 15 is 0 Å². The quantitative estimate of drug-likeness (QED) is 0.160. The predicted molar refractivity (Wildman–Crippen MR) is 114 cm³/mol. The van der Waals surface area contributed by atoms with Crippen LogP contribution >= 0.6 is 0 Å². The van der Waals surface area contributed by atoms with Crippen LogP contribution in [0.4, 0.5) is 0 Å². The maximum absolute atomic E-state index is 11.8. The minimum atomic E-state index is -1.08. The van der Waals surface area contributed by atoms with Crippen LogP contribution in [0.5, 0.6) is 0 Å². The maximum atomic E-state index is 11.8. The van der Waals surface area contributed by atoms with Gasteiger partial charge in [0, 0.05) is 12.8 Å². The van der Waals surface area contributed by atoms with Crippen molar-refractivity contribution in [2.24, 2.45) is 0 Å². The Morgan fingerprint density at radius 2 is 1.36 bits per heavy atom. The maximum Gasteiger partial charge on any atom is 0.326 e. The molecule has 0 aliphatic rings. The molecule has 0 aromatic rings. The van der Waals surface area contributed by atoms with E-state index in [-0.39, 0.29) is 18.7 Å². The van der Waals surface area contributed by atoms with Crippen molar-refractivity contribution in [3.05, 3.63) is 12.2 Å². The highest BCUT2D eigenvalue weighted by Gasteiger charge is 2.18. The van der Waals surface area contributed by atoms with E-state index in [1.165, 1.54) is 57.8 Å². The molecule has 162 valence electrons. The molecule has 0 saturated heterocycles. The second-order valence-corrected chi connectivity index (χ2v) is 7.54. The van der Waals surface area contributed by atoms with Crippen LogP contribution in [0.15, 0.2) is 12.2 Å². The van der Waals surface area contributed by atoms with E-state index in [4.69, 9.17) is 5.11 Å². The summed E-state index contributed by atoms with van der Waals surface area (Å²) in [6.45, 7) is 2.25. The van der Waals surface area contributed by atoms with Gasteiger partial charge in [0.05, 0.1) is 0 Å². The van der Waals surface area contributed by atoms with Gasteiger partial charge < -0.3 is 15.2 Å². The second kappa shape index (κ2) is 20.1. The first-order valence-corrected chi connectivity index (χ1v) is 11.2. The van der Waals surface area contributed by atoms with E-state index in [9.17, 15) is 14.4 Å². The molecule has 0 spiro atoms. The third-order valence-electron chi connectivity index (χ3n) is 4.87. The smallest absolute Gasteiger partial charge is 0.326 e. The lowest BCUT2D eigenvalue weighted by atomic mass is 10.1. The fourth-order valence-electron chi connectivity index (χ4n) is 3.11. The van der Waals surface area contributed by atoms with Gasteiger partial charge in [0.15, 0.2) is 0 Å². The highest BCUT2D eigenvalue weighted by Crippen LogP contribution is 2.10. The Hall–Kier alpha value is -1.65. The number of carboxylic acids is 1. The molecule has 5 nitrogen and oxygen atoms in total. The van der Waals surface area contributed by atoms with Gasteiger partial charge in [-0.2, -0.15) is 0 Å². The SMILES string of the molecule is CCCCCCCC/C=C\CCCCCCCC(=O)N[C@@H](CCC=O)C(=O)O. The summed E-state index contributed by atoms with van der Waals surface area (Å²) in [4.78, 5) is 33.1. The number of rotatable bonds is 20. The molecule has 0 aromatic carbocycles. The van der Waals surface area contributed by atoms with Gasteiger partial charge >= 0.3 is 5.97 Å². The van der Waals surface area contributed by atoms with Gasteiger partial charge in [-0.3, -0.25) is 4.79 Å². The number of carbonyl (C=O) groups is 3. The van der Waals surface area contributed by atoms with Crippen molar-refractivity contribution >= 4 is 18.2 Å². The van der Waals surface area contributed by atoms with Crippen LogP contribution in [0.1, 0.15) is 110 Å². The first-order valence-electron chi connectivity index (χ1n) is 11.2. The van der Waals surface area contributed by atoms with Gasteiger partial charge in [-0.05, 0) is 38.5 Å². The zero-order valence-electron chi connectivity index (χ0n) is 17.8. The summed E-state index contributed by atoms with van der Waals surface area (Å²) < 4.78 is 0. The number of hydrogen-bond acceptors (Lipinski definition) is 3. The molecule has 0 radical (unpaired) electrons. The molecule has 0 unspecified atom stereocenters. The Balaban J connectivity index is 3.48. The summed E-state index contributed by atoms with van der Waals surface area (Å²) in [6.07, 6.45) is 21.6. The van der Waals surface area contributed by atoms with Crippen molar-refractivity contribution in [2.75, 3.05) is 0 Å². The van der Waals surface area contributed by atoms with Crippen molar-refractivity contribution in [3.63, 3.8) is 0 Å². The average Bonchev–Trinajstić information content (AvgIpc) is 2.67. The van der Waals surface area contributed by atoms with E-state index in [2.05, 4.69) is 24.4 Å². The normalized spacial score (nSPS) is 12.2. The molecule has 0 aromatic heterocycles. The molecule has 0 fully saturated rings. The van der Waals surface area contributed by atoms with Crippen molar-refractivity contribution in [2.45, 2.75) is 116 Å². The zero-order valence-corrected chi connectivity index (χ0v) is 17.8. The second-order valence-electron chi connectivity index (χ2n) is 7.54. The molecule has 1 amide bonds. The van der Waals surface area contributed by atoms with Crippen LogP contribution in [0.25, 0.3) is 0 Å². The van der Waals surface area contributed by atoms with E-state index in [1.807, 2.05) is 0 Å². The minimum absolute atomic E-state index is 0.144. The highest BCUT2D eigenvalue weighted by molar-refractivity contribution is 5.83. The summed E-state index contributed by atoms with van der Waals surface area (Å²) in [6, 6.07) is -0.958. The number of nitrogens with one attached hydrogen (secondary N) is 1. The molecule has 0 heterocycles. The van der Waals surface area contributed by atoms with Crippen molar-refractivity contribution in [1.82, 2.24) is 5.32 Å². The Morgan fingerprint density at radius 1 is 0.821 bits per heavy atom. The topological polar surface area (TPSA) is 83.5 Å². The third-order valence-corrected chi connectivity index (χ3v) is 4.87. The molecular weight excluding hydrogens is 354 g/mol. The summed E-state index contributed by atoms with van der Waals surface area (Å²) in [5.41, 5.74) is 0. The number of hydrogen-bond donors (Lipinski definition) is 2. The van der Waals surface area contributed by atoms with Gasteiger partial charge in [0.25, 0.3) is 0 Å². The number of carbonyl (C=O) groups excluding carboxylic acids is 2. The third kappa shape index (κ3) is 17.7. The van der Waals surface area contributed by atoms with Gasteiger partial charge in [-0.1, -0.05) is 70.4 Å². The van der Waals surface area contributed by atoms with Crippen molar-refractivity contribution < 1.29 is 19.5 Å². The molecule has 1 atom stereocenters. The lowest BCUT2D eigenvalue weighted by Gasteiger charge is -2.13. The number of allylic oxidation sites excluding steroid dienone is 2. The van der Waals surface area contributed by atoms with Gasteiger partial charge in [-0.15, -0.1) is 0 Å². The van der Waals surface area contributed by atoms with E-state index < -0.39 is 12.0 Å². The first-order chi connectivity index (χ1) is 13.6. The number of unbranched alkanes of at least 4 members (excludes halogenated alkanes) is 11. The van der Waals surface area contributed by atoms with Crippen LogP contribution in [0.2, 0.25) is 0 Å². The Morgan fingerprint density at radius 3 is 1.89 bits per heavy atom. The molecule has 0 aliphatic heterocycles. The monoisotopic (exact) mass is 395 g/mol. The molecule has 5 heteroatoms. The standard InChI is InChI=1S/C23H41NO4/c1-2-3-4-5-6-7-8-9-10-11-12-13-14-15-16-19-22(26)24-21(23(27)28)18-17-20-25/h9-10,20-21H,2-8,11-19H2,1H3,(H,24,26)(H,27,28)/b10-9-/t21-/m0/s1. The van der Waals surface area contributed by atoms with Crippen LogP contribution < -0.4 is 5.32 Å². The first kappa shape index (κ1) is 26.4. The van der Waals surface area contributed by atoms with Gasteiger partial charge in [0.1, 0.15) is 12.3 Å². The molecule has 28 heavy (non-hydrogen) atoms. The van der Waals surface area contributed by atoms with E-state index in [0.717, 1.165) is 25.7 Å². The summed E-state index contributed by atoms with van der Waals surface area (Å²) in [7, 11) is 0. The van der Waals surface area contributed by atoms with Crippen molar-refractivity contribution in [3.8, 4) is 0 Å². The van der Waals surface area contributed by atoms with E-state index in [0.29, 0.717) is 12.7 Å².